The van der Waals surface area contributed by atoms with E-state index in [9.17, 15) is 4.79 Å². The third-order valence-corrected chi connectivity index (χ3v) is 4.84. The van der Waals surface area contributed by atoms with Gasteiger partial charge in [0.05, 0.1) is 17.9 Å². The zero-order valence-electron chi connectivity index (χ0n) is 14.7. The molecule has 142 valence electrons. The van der Waals surface area contributed by atoms with E-state index in [0.29, 0.717) is 17.4 Å². The Bertz CT molecular complexity index is 948. The largest absolute Gasteiger partial charge is 0.350 e. The highest BCUT2D eigenvalue weighted by atomic mass is 35.5. The fourth-order valence-electron chi connectivity index (χ4n) is 3.38. The van der Waals surface area contributed by atoms with Crippen LogP contribution in [-0.4, -0.2) is 32.4 Å². The first-order chi connectivity index (χ1) is 12.7. The summed E-state index contributed by atoms with van der Waals surface area (Å²) in [6, 6.07) is 15.1. The molecule has 0 aliphatic carbocycles. The number of nitrogens with one attached hydrogen (secondary N) is 1. The Kier molecular flexibility index (Phi) is 6.31. The Morgan fingerprint density at radius 1 is 1.15 bits per heavy atom. The molecule has 27 heavy (non-hydrogen) atoms. The molecule has 0 radical (unpaired) electrons. The summed E-state index contributed by atoms with van der Waals surface area (Å²) in [6.07, 6.45) is 2.10. The lowest BCUT2D eigenvalue weighted by Gasteiger charge is -2.22. The van der Waals surface area contributed by atoms with E-state index in [0.717, 1.165) is 37.4 Å². The van der Waals surface area contributed by atoms with Crippen molar-refractivity contribution in [2.45, 2.75) is 25.3 Å². The molecule has 0 bridgehead atoms. The van der Waals surface area contributed by atoms with E-state index in [1.807, 2.05) is 42.5 Å². The molecule has 0 amide bonds. The maximum absolute atomic E-state index is 13.1. The first-order valence-electron chi connectivity index (χ1n) is 8.80. The van der Waals surface area contributed by atoms with Crippen LogP contribution in [0.15, 0.2) is 53.3 Å². The number of nitrogens with zero attached hydrogens (tertiary/aromatic N) is 4. The molecule has 4 rings (SSSR count). The van der Waals surface area contributed by atoms with Crippen LogP contribution in [0, 0.1) is 0 Å². The molecular formula is C19H21Cl2N5O. The molecule has 1 unspecified atom stereocenters. The van der Waals surface area contributed by atoms with E-state index in [4.69, 9.17) is 11.6 Å². The number of benzene rings is 1. The summed E-state index contributed by atoms with van der Waals surface area (Å²) in [4.78, 5) is 17.4. The number of para-hydroxylation sites is 1. The predicted octanol–water partition coefficient (Wildman–Crippen LogP) is 3.02. The average molecular weight is 406 g/mol. The van der Waals surface area contributed by atoms with E-state index < -0.39 is 0 Å². The molecule has 3 heterocycles. The van der Waals surface area contributed by atoms with Gasteiger partial charge in [0.1, 0.15) is 11.0 Å². The van der Waals surface area contributed by atoms with Crippen molar-refractivity contribution in [3.8, 4) is 5.69 Å². The molecule has 1 saturated heterocycles. The second kappa shape index (κ2) is 8.69. The van der Waals surface area contributed by atoms with Crippen LogP contribution in [0.2, 0.25) is 5.15 Å². The number of aromatic nitrogens is 4. The van der Waals surface area contributed by atoms with E-state index in [1.54, 1.807) is 10.6 Å². The molecule has 1 aromatic carbocycles. The SMILES string of the molecule is Cl.O=c1n(Cc2cccc(Cl)n2)nc(C2CCCNC2)n1-c1ccccc1. The normalized spacial score (nSPS) is 16.7. The van der Waals surface area contributed by atoms with Crippen LogP contribution in [0.3, 0.4) is 0 Å². The minimum absolute atomic E-state index is 0. The lowest BCUT2D eigenvalue weighted by molar-refractivity contribution is 0.439. The Morgan fingerprint density at radius 3 is 2.67 bits per heavy atom. The summed E-state index contributed by atoms with van der Waals surface area (Å²) in [5.74, 6) is 1.01. The maximum atomic E-state index is 13.1. The zero-order chi connectivity index (χ0) is 17.9. The molecule has 3 aromatic rings. The molecule has 8 heteroatoms. The Balaban J connectivity index is 0.00000210. The van der Waals surface area contributed by atoms with Gasteiger partial charge in [0.2, 0.25) is 0 Å². The Labute approximate surface area is 168 Å². The van der Waals surface area contributed by atoms with Gasteiger partial charge in [-0.05, 0) is 43.7 Å². The topological polar surface area (TPSA) is 64.7 Å². The fraction of sp³-hybridized carbons (Fsp3) is 0.316. The van der Waals surface area contributed by atoms with Gasteiger partial charge in [-0.1, -0.05) is 35.9 Å². The molecule has 1 atom stereocenters. The lowest BCUT2D eigenvalue weighted by Crippen LogP contribution is -2.31. The van der Waals surface area contributed by atoms with Gasteiger partial charge in [0.15, 0.2) is 0 Å². The van der Waals surface area contributed by atoms with Crippen LogP contribution in [0.1, 0.15) is 30.3 Å². The molecular weight excluding hydrogens is 385 g/mol. The maximum Gasteiger partial charge on any atom is 0.350 e. The van der Waals surface area contributed by atoms with Crippen LogP contribution >= 0.6 is 24.0 Å². The molecule has 1 N–H and O–H groups in total. The first kappa shape index (κ1) is 19.6. The number of halogens is 2. The predicted molar refractivity (Wildman–Crippen MR) is 108 cm³/mol. The highest BCUT2D eigenvalue weighted by molar-refractivity contribution is 6.29. The van der Waals surface area contributed by atoms with Crippen LogP contribution < -0.4 is 11.0 Å². The molecule has 0 spiro atoms. The summed E-state index contributed by atoms with van der Waals surface area (Å²) in [7, 11) is 0. The number of hydrogen-bond donors (Lipinski definition) is 1. The van der Waals surface area contributed by atoms with Crippen LogP contribution in [0.4, 0.5) is 0 Å². The van der Waals surface area contributed by atoms with E-state index >= 15 is 0 Å². The second-order valence-corrected chi connectivity index (χ2v) is 6.85. The van der Waals surface area contributed by atoms with Gasteiger partial charge >= 0.3 is 5.69 Å². The first-order valence-corrected chi connectivity index (χ1v) is 9.17. The highest BCUT2D eigenvalue weighted by Gasteiger charge is 2.24. The number of piperidine rings is 1. The smallest absolute Gasteiger partial charge is 0.316 e. The summed E-state index contributed by atoms with van der Waals surface area (Å²) in [6.45, 7) is 2.14. The van der Waals surface area contributed by atoms with Gasteiger partial charge in [-0.25, -0.2) is 19.0 Å². The van der Waals surface area contributed by atoms with Crippen molar-refractivity contribution < 1.29 is 0 Å². The molecule has 2 aromatic heterocycles. The van der Waals surface area contributed by atoms with E-state index in [-0.39, 0.29) is 24.0 Å². The summed E-state index contributed by atoms with van der Waals surface area (Å²) < 4.78 is 3.21. The van der Waals surface area contributed by atoms with Crippen molar-refractivity contribution in [2.24, 2.45) is 0 Å². The van der Waals surface area contributed by atoms with Gasteiger partial charge in [-0.2, -0.15) is 5.10 Å². The average Bonchev–Trinajstić information content (AvgIpc) is 2.99. The van der Waals surface area contributed by atoms with Gasteiger partial charge in [-0.3, -0.25) is 0 Å². The monoisotopic (exact) mass is 405 g/mol. The molecule has 1 aliphatic heterocycles. The molecule has 0 saturated carbocycles. The molecule has 1 fully saturated rings. The van der Waals surface area contributed by atoms with Gasteiger partial charge in [-0.15, -0.1) is 12.4 Å². The minimum atomic E-state index is -0.154. The minimum Gasteiger partial charge on any atom is -0.316 e. The highest BCUT2D eigenvalue weighted by Crippen LogP contribution is 2.23. The Morgan fingerprint density at radius 2 is 1.96 bits per heavy atom. The van der Waals surface area contributed by atoms with E-state index in [1.165, 1.54) is 4.68 Å². The number of pyridine rings is 1. The van der Waals surface area contributed by atoms with Crippen LogP contribution in [-0.2, 0) is 6.54 Å². The van der Waals surface area contributed by atoms with Crippen molar-refractivity contribution >= 4 is 24.0 Å². The third-order valence-electron chi connectivity index (χ3n) is 4.63. The van der Waals surface area contributed by atoms with Crippen LogP contribution in [0.25, 0.3) is 5.69 Å². The fourth-order valence-corrected chi connectivity index (χ4v) is 3.56. The van der Waals surface area contributed by atoms with Crippen molar-refractivity contribution in [1.82, 2.24) is 24.6 Å². The third kappa shape index (κ3) is 4.24. The van der Waals surface area contributed by atoms with Gasteiger partial charge in [0, 0.05) is 12.5 Å². The van der Waals surface area contributed by atoms with Gasteiger partial charge < -0.3 is 5.32 Å². The quantitative estimate of drug-likeness (QED) is 0.677. The summed E-state index contributed by atoms with van der Waals surface area (Å²) in [5, 5.41) is 8.49. The summed E-state index contributed by atoms with van der Waals surface area (Å²) in [5.41, 5.74) is 1.40. The number of rotatable bonds is 4. The standard InChI is InChI=1S/C19H20ClN5O.ClH/c20-17-10-4-7-15(22-17)13-24-19(26)25(16-8-2-1-3-9-16)18(23-24)14-6-5-11-21-12-14;/h1-4,7-10,14,21H,5-6,11-13H2;1H. The van der Waals surface area contributed by atoms with Crippen molar-refractivity contribution in [3.05, 3.63) is 75.7 Å². The molecule has 1 aliphatic rings. The van der Waals surface area contributed by atoms with Crippen molar-refractivity contribution in [3.63, 3.8) is 0 Å². The van der Waals surface area contributed by atoms with Crippen LogP contribution in [0.5, 0.6) is 0 Å². The zero-order valence-corrected chi connectivity index (χ0v) is 16.3. The molecule has 6 nitrogen and oxygen atoms in total. The number of hydrogen-bond acceptors (Lipinski definition) is 4. The van der Waals surface area contributed by atoms with Crippen molar-refractivity contribution in [1.29, 1.82) is 0 Å². The lowest BCUT2D eigenvalue weighted by atomic mass is 9.99. The van der Waals surface area contributed by atoms with E-state index in [2.05, 4.69) is 15.4 Å². The second-order valence-electron chi connectivity index (χ2n) is 6.46. The van der Waals surface area contributed by atoms with Gasteiger partial charge in [0.25, 0.3) is 0 Å². The summed E-state index contributed by atoms with van der Waals surface area (Å²) >= 11 is 5.97. The Hall–Kier alpha value is -2.15. The van der Waals surface area contributed by atoms with Crippen molar-refractivity contribution in [2.75, 3.05) is 13.1 Å².